The summed E-state index contributed by atoms with van der Waals surface area (Å²) in [6.45, 7) is 2.37. The van der Waals surface area contributed by atoms with E-state index < -0.39 is 4.92 Å². The van der Waals surface area contributed by atoms with E-state index in [0.29, 0.717) is 24.1 Å². The third-order valence-corrected chi connectivity index (χ3v) is 3.68. The highest BCUT2D eigenvalue weighted by atomic mass is 16.6. The van der Waals surface area contributed by atoms with Gasteiger partial charge in [-0.05, 0) is 37.7 Å². The van der Waals surface area contributed by atoms with Crippen LogP contribution in [0.3, 0.4) is 0 Å². The molecule has 6 nitrogen and oxygen atoms in total. The van der Waals surface area contributed by atoms with Gasteiger partial charge in [0.05, 0.1) is 4.92 Å². The Labute approximate surface area is 141 Å². The predicted molar refractivity (Wildman–Crippen MR) is 94.4 cm³/mol. The third-order valence-electron chi connectivity index (χ3n) is 3.68. The molecule has 0 atom stereocenters. The van der Waals surface area contributed by atoms with Gasteiger partial charge in [0, 0.05) is 24.7 Å². The lowest BCUT2D eigenvalue weighted by molar-refractivity contribution is -0.384. The molecule has 0 bridgehead atoms. The highest BCUT2D eigenvalue weighted by Crippen LogP contribution is 2.24. The smallest absolute Gasteiger partial charge is 0.293 e. The molecule has 0 aliphatic rings. The van der Waals surface area contributed by atoms with Crippen LogP contribution in [0.4, 0.5) is 11.4 Å². The summed E-state index contributed by atoms with van der Waals surface area (Å²) in [5.41, 5.74) is 1.93. The number of nitro benzene ring substituents is 1. The van der Waals surface area contributed by atoms with E-state index in [-0.39, 0.29) is 5.69 Å². The largest absolute Gasteiger partial charge is 0.379 e. The van der Waals surface area contributed by atoms with Gasteiger partial charge in [-0.25, -0.2) is 0 Å². The van der Waals surface area contributed by atoms with Gasteiger partial charge in [-0.2, -0.15) is 0 Å². The molecule has 1 N–H and O–H groups in total. The first kappa shape index (κ1) is 17.6. The van der Waals surface area contributed by atoms with Crippen LogP contribution in [-0.4, -0.2) is 36.2 Å². The van der Waals surface area contributed by atoms with Crippen LogP contribution in [-0.2, 0) is 6.54 Å². The number of hydrogen-bond donors (Lipinski definition) is 1. The molecule has 0 amide bonds. The Morgan fingerprint density at radius 2 is 1.96 bits per heavy atom. The molecule has 0 spiro atoms. The van der Waals surface area contributed by atoms with Gasteiger partial charge >= 0.3 is 0 Å². The van der Waals surface area contributed by atoms with Gasteiger partial charge in [-0.3, -0.25) is 14.9 Å². The van der Waals surface area contributed by atoms with Crippen LogP contribution >= 0.6 is 0 Å². The number of nitrogens with zero attached hydrogens (tertiary/aromatic N) is 2. The normalized spacial score (nSPS) is 10.6. The summed E-state index contributed by atoms with van der Waals surface area (Å²) in [5.74, 6) is 0. The van der Waals surface area contributed by atoms with E-state index >= 15 is 0 Å². The zero-order chi connectivity index (χ0) is 17.4. The van der Waals surface area contributed by atoms with Crippen molar-refractivity contribution in [2.24, 2.45) is 0 Å². The number of nitrogens with one attached hydrogen (secondary N) is 1. The minimum Gasteiger partial charge on any atom is -0.379 e. The number of anilines is 1. The van der Waals surface area contributed by atoms with E-state index in [1.165, 1.54) is 11.6 Å². The maximum absolute atomic E-state index is 11.1. The lowest BCUT2D eigenvalue weighted by atomic mass is 10.2. The number of carbonyl (C=O) groups is 1. The summed E-state index contributed by atoms with van der Waals surface area (Å²) in [5, 5.41) is 14.2. The predicted octanol–water partition coefficient (Wildman–Crippen LogP) is 3.34. The molecule has 6 heteroatoms. The summed E-state index contributed by atoms with van der Waals surface area (Å²) in [4.78, 5) is 23.5. The van der Waals surface area contributed by atoms with E-state index in [0.717, 1.165) is 19.5 Å². The van der Waals surface area contributed by atoms with Crippen molar-refractivity contribution in [2.75, 3.05) is 25.5 Å². The standard InChI is InChI=1S/C18H21N3O3/c1-20(13-15-6-3-2-4-7-15)11-5-10-19-17-9-8-16(14-22)12-18(17)21(23)24/h2-4,6-9,12,14,19H,5,10-11,13H2,1H3. The number of hydrogen-bond acceptors (Lipinski definition) is 5. The topological polar surface area (TPSA) is 75.5 Å². The quantitative estimate of drug-likeness (QED) is 0.331. The maximum Gasteiger partial charge on any atom is 0.293 e. The van der Waals surface area contributed by atoms with Gasteiger partial charge in [0.1, 0.15) is 12.0 Å². The fourth-order valence-electron chi connectivity index (χ4n) is 2.47. The molecule has 0 aromatic heterocycles. The number of aldehydes is 1. The van der Waals surface area contributed by atoms with Crippen molar-refractivity contribution in [2.45, 2.75) is 13.0 Å². The van der Waals surface area contributed by atoms with E-state index in [2.05, 4.69) is 22.3 Å². The van der Waals surface area contributed by atoms with Gasteiger partial charge in [0.25, 0.3) is 5.69 Å². The molecule has 2 rings (SSSR count). The van der Waals surface area contributed by atoms with Crippen molar-refractivity contribution in [1.29, 1.82) is 0 Å². The SMILES string of the molecule is CN(CCCNc1ccc(C=O)cc1[N+](=O)[O-])Cc1ccccc1. The van der Waals surface area contributed by atoms with E-state index in [9.17, 15) is 14.9 Å². The lowest BCUT2D eigenvalue weighted by Gasteiger charge is -2.17. The van der Waals surface area contributed by atoms with Crippen molar-refractivity contribution in [3.8, 4) is 0 Å². The van der Waals surface area contributed by atoms with Gasteiger partial charge in [0.15, 0.2) is 0 Å². The third kappa shape index (κ3) is 5.17. The lowest BCUT2D eigenvalue weighted by Crippen LogP contribution is -2.21. The summed E-state index contributed by atoms with van der Waals surface area (Å²) in [6, 6.07) is 14.7. The Morgan fingerprint density at radius 1 is 1.21 bits per heavy atom. The van der Waals surface area contributed by atoms with E-state index in [4.69, 9.17) is 0 Å². The van der Waals surface area contributed by atoms with Crippen molar-refractivity contribution in [1.82, 2.24) is 4.90 Å². The molecule has 0 unspecified atom stereocenters. The van der Waals surface area contributed by atoms with Crippen molar-refractivity contribution < 1.29 is 9.72 Å². The minimum atomic E-state index is -0.475. The molecule has 2 aromatic carbocycles. The molecule has 0 aliphatic carbocycles. The van der Waals surface area contributed by atoms with Gasteiger partial charge in [-0.15, -0.1) is 0 Å². The number of nitro groups is 1. The van der Waals surface area contributed by atoms with Gasteiger partial charge in [0.2, 0.25) is 0 Å². The highest BCUT2D eigenvalue weighted by Gasteiger charge is 2.14. The van der Waals surface area contributed by atoms with Crippen LogP contribution in [0, 0.1) is 10.1 Å². The molecular formula is C18H21N3O3. The second kappa shape index (κ2) is 8.79. The van der Waals surface area contributed by atoms with Crippen molar-refractivity contribution in [3.05, 3.63) is 69.8 Å². The van der Waals surface area contributed by atoms with Crippen LogP contribution in [0.1, 0.15) is 22.3 Å². The maximum atomic E-state index is 11.1. The second-order valence-corrected chi connectivity index (χ2v) is 5.66. The van der Waals surface area contributed by atoms with Gasteiger partial charge < -0.3 is 10.2 Å². The van der Waals surface area contributed by atoms with Crippen molar-refractivity contribution >= 4 is 17.7 Å². The van der Waals surface area contributed by atoms with Gasteiger partial charge in [-0.1, -0.05) is 30.3 Å². The molecule has 24 heavy (non-hydrogen) atoms. The van der Waals surface area contributed by atoms with Crippen molar-refractivity contribution in [3.63, 3.8) is 0 Å². The molecule has 126 valence electrons. The zero-order valence-corrected chi connectivity index (χ0v) is 13.6. The molecule has 0 aliphatic heterocycles. The second-order valence-electron chi connectivity index (χ2n) is 5.66. The van der Waals surface area contributed by atoms with Crippen LogP contribution in [0.2, 0.25) is 0 Å². The Balaban J connectivity index is 1.81. The first-order valence-electron chi connectivity index (χ1n) is 7.80. The molecule has 0 radical (unpaired) electrons. The first-order valence-corrected chi connectivity index (χ1v) is 7.80. The number of carbonyl (C=O) groups excluding carboxylic acids is 1. The van der Waals surface area contributed by atoms with Crippen LogP contribution in [0.25, 0.3) is 0 Å². The monoisotopic (exact) mass is 327 g/mol. The minimum absolute atomic E-state index is 0.0720. The summed E-state index contributed by atoms with van der Waals surface area (Å²) in [7, 11) is 2.05. The molecule has 2 aromatic rings. The van der Waals surface area contributed by atoms with E-state index in [1.807, 2.05) is 25.2 Å². The summed E-state index contributed by atoms with van der Waals surface area (Å²) in [6.07, 6.45) is 1.46. The Hall–Kier alpha value is -2.73. The molecular weight excluding hydrogens is 306 g/mol. The number of rotatable bonds is 9. The summed E-state index contributed by atoms with van der Waals surface area (Å²) >= 11 is 0. The summed E-state index contributed by atoms with van der Waals surface area (Å²) < 4.78 is 0. The van der Waals surface area contributed by atoms with Crippen LogP contribution in [0.5, 0.6) is 0 Å². The average Bonchev–Trinajstić information content (AvgIpc) is 2.59. The van der Waals surface area contributed by atoms with Crippen LogP contribution in [0.15, 0.2) is 48.5 Å². The Morgan fingerprint density at radius 3 is 2.62 bits per heavy atom. The molecule has 0 fully saturated rings. The average molecular weight is 327 g/mol. The fraction of sp³-hybridized carbons (Fsp3) is 0.278. The zero-order valence-electron chi connectivity index (χ0n) is 13.6. The fourth-order valence-corrected chi connectivity index (χ4v) is 2.47. The van der Waals surface area contributed by atoms with E-state index in [1.54, 1.807) is 12.1 Å². The Bertz CT molecular complexity index is 689. The Kier molecular flexibility index (Phi) is 6.45. The molecule has 0 saturated heterocycles. The molecule has 0 saturated carbocycles. The first-order chi connectivity index (χ1) is 11.6. The van der Waals surface area contributed by atoms with Crippen LogP contribution < -0.4 is 5.32 Å². The highest BCUT2D eigenvalue weighted by molar-refractivity contribution is 5.79. The molecule has 0 heterocycles. The number of benzene rings is 2.